The first kappa shape index (κ1) is 16.4. The fraction of sp³-hybridized carbons (Fsp3) is 0.400. The summed E-state index contributed by atoms with van der Waals surface area (Å²) in [5, 5.41) is 9.69. The Labute approximate surface area is 134 Å². The van der Waals surface area contributed by atoms with Crippen molar-refractivity contribution in [3.8, 4) is 5.69 Å². The van der Waals surface area contributed by atoms with Crippen molar-refractivity contribution in [2.75, 3.05) is 11.9 Å². The highest BCUT2D eigenvalue weighted by Crippen LogP contribution is 2.16. The number of rotatable bonds is 6. The van der Waals surface area contributed by atoms with Crippen molar-refractivity contribution < 1.29 is 9.53 Å². The van der Waals surface area contributed by atoms with E-state index in [1.54, 1.807) is 0 Å². The molecule has 0 aliphatic carbocycles. The third-order valence-corrected chi connectivity index (χ3v) is 3.28. The molecule has 6 nitrogen and oxygen atoms in total. The maximum atomic E-state index is 11.9. The van der Waals surface area contributed by atoms with E-state index in [1.807, 2.05) is 49.6 Å². The Morgan fingerprint density at radius 1 is 1.50 bits per heavy atom. The van der Waals surface area contributed by atoms with Gasteiger partial charge in [-0.25, -0.2) is 0 Å². The zero-order valence-corrected chi connectivity index (χ0v) is 13.7. The van der Waals surface area contributed by atoms with Crippen molar-refractivity contribution in [3.63, 3.8) is 0 Å². The molecule has 0 saturated heterocycles. The smallest absolute Gasteiger partial charge is 0.226 e. The van der Waals surface area contributed by atoms with Crippen LogP contribution in [0.1, 0.15) is 26.1 Å². The number of amides is 1. The van der Waals surface area contributed by atoms with Crippen molar-refractivity contribution in [1.82, 2.24) is 14.8 Å². The number of hydrogen-bond acceptors (Lipinski definition) is 4. The SMILES string of the molecule is Cc1n[nH]c(=S)n1-c1cccc(NC(=O)CCOC(C)C)c1. The van der Waals surface area contributed by atoms with Crippen molar-refractivity contribution in [3.05, 3.63) is 34.9 Å². The number of benzene rings is 1. The Bertz CT molecular complexity index is 706. The molecule has 7 heteroatoms. The number of carbonyl (C=O) groups is 1. The zero-order chi connectivity index (χ0) is 16.1. The first-order valence-corrected chi connectivity index (χ1v) is 7.54. The summed E-state index contributed by atoms with van der Waals surface area (Å²) in [4.78, 5) is 11.9. The van der Waals surface area contributed by atoms with E-state index >= 15 is 0 Å². The van der Waals surface area contributed by atoms with Crippen LogP contribution >= 0.6 is 12.2 Å². The average Bonchev–Trinajstić information content (AvgIpc) is 2.78. The van der Waals surface area contributed by atoms with E-state index < -0.39 is 0 Å². The van der Waals surface area contributed by atoms with Gasteiger partial charge < -0.3 is 10.1 Å². The van der Waals surface area contributed by atoms with Crippen LogP contribution in [0.2, 0.25) is 0 Å². The number of hydrogen-bond donors (Lipinski definition) is 2. The summed E-state index contributed by atoms with van der Waals surface area (Å²) in [6.07, 6.45) is 0.453. The van der Waals surface area contributed by atoms with Crippen molar-refractivity contribution in [1.29, 1.82) is 0 Å². The molecule has 0 spiro atoms. The summed E-state index contributed by atoms with van der Waals surface area (Å²) in [5.41, 5.74) is 1.57. The standard InChI is InChI=1S/C15H20N4O2S/c1-10(2)21-8-7-14(20)16-12-5-4-6-13(9-12)19-11(3)17-18-15(19)22/h4-6,9-10H,7-8H2,1-3H3,(H,16,20)(H,18,22). The second-order valence-electron chi connectivity index (χ2n) is 5.18. The number of aromatic amines is 1. The van der Waals surface area contributed by atoms with E-state index in [0.29, 0.717) is 17.8 Å². The highest BCUT2D eigenvalue weighted by atomic mass is 32.1. The number of nitrogens with zero attached hydrogens (tertiary/aromatic N) is 2. The molecule has 0 aliphatic rings. The normalized spacial score (nSPS) is 10.9. The molecule has 1 aromatic carbocycles. The van der Waals surface area contributed by atoms with Gasteiger partial charge in [-0.3, -0.25) is 14.5 Å². The fourth-order valence-corrected chi connectivity index (χ4v) is 2.30. The molecule has 0 atom stereocenters. The third kappa shape index (κ3) is 4.25. The minimum Gasteiger partial charge on any atom is -0.378 e. The molecule has 1 aromatic heterocycles. The van der Waals surface area contributed by atoms with Crippen molar-refractivity contribution >= 4 is 23.8 Å². The van der Waals surface area contributed by atoms with Crippen LogP contribution in [0.15, 0.2) is 24.3 Å². The Morgan fingerprint density at radius 3 is 2.91 bits per heavy atom. The van der Waals surface area contributed by atoms with Gasteiger partial charge in [0, 0.05) is 5.69 Å². The van der Waals surface area contributed by atoms with Crippen LogP contribution < -0.4 is 5.32 Å². The predicted molar refractivity (Wildman–Crippen MR) is 87.8 cm³/mol. The van der Waals surface area contributed by atoms with Gasteiger partial charge in [-0.1, -0.05) is 6.07 Å². The van der Waals surface area contributed by atoms with E-state index in [-0.39, 0.29) is 12.0 Å². The summed E-state index contributed by atoms with van der Waals surface area (Å²) < 4.78 is 7.71. The van der Waals surface area contributed by atoms with Crippen LogP contribution in [0.3, 0.4) is 0 Å². The van der Waals surface area contributed by atoms with E-state index in [4.69, 9.17) is 17.0 Å². The lowest BCUT2D eigenvalue weighted by molar-refractivity contribution is -0.117. The Morgan fingerprint density at radius 2 is 2.27 bits per heavy atom. The molecule has 22 heavy (non-hydrogen) atoms. The van der Waals surface area contributed by atoms with Gasteiger partial charge in [0.15, 0.2) is 4.77 Å². The molecule has 0 unspecified atom stereocenters. The van der Waals surface area contributed by atoms with Gasteiger partial charge in [0.05, 0.1) is 24.8 Å². The van der Waals surface area contributed by atoms with E-state index in [2.05, 4.69) is 15.5 Å². The van der Waals surface area contributed by atoms with Crippen LogP contribution in [0, 0.1) is 11.7 Å². The first-order chi connectivity index (χ1) is 10.5. The number of ether oxygens (including phenoxy) is 1. The molecular weight excluding hydrogens is 300 g/mol. The topological polar surface area (TPSA) is 71.9 Å². The Hall–Kier alpha value is -1.99. The monoisotopic (exact) mass is 320 g/mol. The lowest BCUT2D eigenvalue weighted by Crippen LogP contribution is -2.16. The van der Waals surface area contributed by atoms with Crippen LogP contribution in [-0.2, 0) is 9.53 Å². The fourth-order valence-electron chi connectivity index (χ4n) is 2.01. The number of carbonyl (C=O) groups excluding carboxylic acids is 1. The van der Waals surface area contributed by atoms with Gasteiger partial charge in [0.2, 0.25) is 5.91 Å². The second kappa shape index (κ2) is 7.33. The van der Waals surface area contributed by atoms with Gasteiger partial charge in [0.1, 0.15) is 5.82 Å². The quantitative estimate of drug-likeness (QED) is 0.803. The molecule has 1 heterocycles. The van der Waals surface area contributed by atoms with Crippen molar-refractivity contribution in [2.45, 2.75) is 33.3 Å². The molecule has 0 bridgehead atoms. The Balaban J connectivity index is 2.06. The van der Waals surface area contributed by atoms with Crippen LogP contribution in [0.5, 0.6) is 0 Å². The summed E-state index contributed by atoms with van der Waals surface area (Å²) in [6.45, 7) is 6.16. The number of aromatic nitrogens is 3. The average molecular weight is 320 g/mol. The molecule has 0 saturated carbocycles. The van der Waals surface area contributed by atoms with Crippen molar-refractivity contribution in [2.24, 2.45) is 0 Å². The number of aryl methyl sites for hydroxylation is 1. The van der Waals surface area contributed by atoms with Crippen LogP contribution in [0.4, 0.5) is 5.69 Å². The number of anilines is 1. The molecule has 0 aliphatic heterocycles. The summed E-state index contributed by atoms with van der Waals surface area (Å²) in [6, 6.07) is 7.48. The zero-order valence-electron chi connectivity index (χ0n) is 12.9. The lowest BCUT2D eigenvalue weighted by Gasteiger charge is -2.10. The van der Waals surface area contributed by atoms with Gasteiger partial charge in [-0.05, 0) is 51.2 Å². The van der Waals surface area contributed by atoms with Gasteiger partial charge >= 0.3 is 0 Å². The number of H-pyrrole nitrogens is 1. The second-order valence-corrected chi connectivity index (χ2v) is 5.57. The molecular formula is C15H20N4O2S. The number of nitrogens with one attached hydrogen (secondary N) is 2. The van der Waals surface area contributed by atoms with Gasteiger partial charge in [-0.2, -0.15) is 5.10 Å². The predicted octanol–water partition coefficient (Wildman–Crippen LogP) is 2.99. The highest BCUT2D eigenvalue weighted by molar-refractivity contribution is 7.71. The minimum atomic E-state index is -0.0784. The van der Waals surface area contributed by atoms with Gasteiger partial charge in [0.25, 0.3) is 0 Å². The van der Waals surface area contributed by atoms with Gasteiger partial charge in [-0.15, -0.1) is 0 Å². The molecule has 1 amide bonds. The minimum absolute atomic E-state index is 0.0784. The van der Waals surface area contributed by atoms with E-state index in [1.165, 1.54) is 0 Å². The largest absolute Gasteiger partial charge is 0.378 e. The maximum absolute atomic E-state index is 11.9. The summed E-state index contributed by atoms with van der Waals surface area (Å²) >= 11 is 5.21. The third-order valence-electron chi connectivity index (χ3n) is 3.01. The Kier molecular flexibility index (Phi) is 5.46. The molecule has 2 rings (SSSR count). The van der Waals surface area contributed by atoms with E-state index in [0.717, 1.165) is 17.2 Å². The summed E-state index contributed by atoms with van der Waals surface area (Å²) in [7, 11) is 0. The maximum Gasteiger partial charge on any atom is 0.226 e. The molecule has 2 N–H and O–H groups in total. The highest BCUT2D eigenvalue weighted by Gasteiger charge is 2.07. The van der Waals surface area contributed by atoms with Crippen LogP contribution in [0.25, 0.3) is 5.69 Å². The van der Waals surface area contributed by atoms with E-state index in [9.17, 15) is 4.79 Å². The molecule has 0 fully saturated rings. The van der Waals surface area contributed by atoms with Crippen LogP contribution in [-0.4, -0.2) is 33.4 Å². The summed E-state index contributed by atoms with van der Waals surface area (Å²) in [5.74, 6) is 0.684. The first-order valence-electron chi connectivity index (χ1n) is 7.13. The molecule has 0 radical (unpaired) electrons. The lowest BCUT2D eigenvalue weighted by atomic mass is 10.2. The molecule has 2 aromatic rings. The molecule has 118 valence electrons.